The Bertz CT molecular complexity index is 1340. The molecular formula is C22H18FN9. The number of nitriles is 1. The summed E-state index contributed by atoms with van der Waals surface area (Å²) >= 11 is 0. The number of benzene rings is 1. The number of aryl methyl sites for hydroxylation is 1. The van der Waals surface area contributed by atoms with E-state index in [1.165, 1.54) is 18.3 Å². The molecule has 0 radical (unpaired) electrons. The number of hydrogen-bond acceptors (Lipinski definition) is 8. The first-order valence-electron chi connectivity index (χ1n) is 9.56. The van der Waals surface area contributed by atoms with E-state index in [1.54, 1.807) is 48.3 Å². The van der Waals surface area contributed by atoms with Crippen molar-refractivity contribution in [2.24, 2.45) is 22.9 Å². The van der Waals surface area contributed by atoms with Crippen LogP contribution in [0.3, 0.4) is 0 Å². The lowest BCUT2D eigenvalue weighted by atomic mass is 9.93. The summed E-state index contributed by atoms with van der Waals surface area (Å²) < 4.78 is 15.5. The lowest BCUT2D eigenvalue weighted by Crippen LogP contribution is -2.36. The lowest BCUT2D eigenvalue weighted by Gasteiger charge is -2.21. The highest BCUT2D eigenvalue weighted by Crippen LogP contribution is 2.32. The summed E-state index contributed by atoms with van der Waals surface area (Å²) in [6, 6.07) is 13.6. The fourth-order valence-corrected chi connectivity index (χ4v) is 3.25. The molecule has 0 atom stereocenters. The topological polar surface area (TPSA) is 141 Å². The van der Waals surface area contributed by atoms with Gasteiger partial charge in [0.2, 0.25) is 0 Å². The third kappa shape index (κ3) is 3.87. The van der Waals surface area contributed by atoms with E-state index in [4.69, 9.17) is 11.1 Å². The van der Waals surface area contributed by atoms with Gasteiger partial charge in [-0.2, -0.15) is 15.5 Å². The van der Waals surface area contributed by atoms with Crippen molar-refractivity contribution in [2.75, 3.05) is 0 Å². The number of halogens is 1. The van der Waals surface area contributed by atoms with Crippen LogP contribution in [0, 0.1) is 22.6 Å². The predicted molar refractivity (Wildman–Crippen MR) is 119 cm³/mol. The molecule has 3 aromatic rings. The Hall–Kier alpha value is -4.65. The maximum absolute atomic E-state index is 13.9. The van der Waals surface area contributed by atoms with Crippen molar-refractivity contribution in [3.63, 3.8) is 0 Å². The van der Waals surface area contributed by atoms with Crippen LogP contribution in [0.4, 0.5) is 4.39 Å². The van der Waals surface area contributed by atoms with Crippen LogP contribution >= 0.6 is 0 Å². The monoisotopic (exact) mass is 427 g/mol. The minimum absolute atomic E-state index is 0.0123. The van der Waals surface area contributed by atoms with Crippen LogP contribution in [0.15, 0.2) is 65.0 Å². The van der Waals surface area contributed by atoms with Gasteiger partial charge in [-0.25, -0.2) is 9.38 Å². The molecule has 0 bridgehead atoms. The number of aromatic nitrogens is 3. The molecule has 1 aliphatic heterocycles. The van der Waals surface area contributed by atoms with E-state index in [1.807, 2.05) is 0 Å². The first-order valence-corrected chi connectivity index (χ1v) is 9.56. The van der Waals surface area contributed by atoms with Gasteiger partial charge in [-0.05, 0) is 30.3 Å². The van der Waals surface area contributed by atoms with Crippen LogP contribution in [0.2, 0.25) is 0 Å². The number of amidine groups is 1. The number of nitrogens with zero attached hydrogens (tertiary/aromatic N) is 6. The smallest absolute Gasteiger partial charge is 0.151 e. The van der Waals surface area contributed by atoms with Gasteiger partial charge < -0.3 is 11.2 Å². The zero-order valence-electron chi connectivity index (χ0n) is 17.0. The highest BCUT2D eigenvalue weighted by atomic mass is 19.1. The molecule has 0 saturated carbocycles. The quantitative estimate of drug-likeness (QED) is 0.536. The van der Waals surface area contributed by atoms with E-state index in [2.05, 4.69) is 31.7 Å². The molecule has 0 unspecified atom stereocenters. The molecule has 32 heavy (non-hydrogen) atoms. The molecule has 4 rings (SSSR count). The Balaban J connectivity index is 1.85. The van der Waals surface area contributed by atoms with Crippen LogP contribution in [0.1, 0.15) is 22.5 Å². The maximum atomic E-state index is 13.9. The normalized spacial score (nSPS) is 15.0. The summed E-state index contributed by atoms with van der Waals surface area (Å²) in [6.45, 7) is 0.0123. The largest absolute Gasteiger partial charge is 0.382 e. The zero-order chi connectivity index (χ0) is 22.7. The second-order valence-corrected chi connectivity index (χ2v) is 6.86. The Labute approximate surface area is 182 Å². The number of nitrogens with two attached hydrogens (primary N) is 1. The molecule has 9 nitrogen and oxygen atoms in total. The van der Waals surface area contributed by atoms with Gasteiger partial charge in [0.05, 0.1) is 40.8 Å². The predicted octanol–water partition coefficient (Wildman–Crippen LogP) is 2.23. The molecular weight excluding hydrogens is 409 g/mol. The maximum Gasteiger partial charge on any atom is 0.151 e. The van der Waals surface area contributed by atoms with Crippen molar-refractivity contribution in [1.29, 1.82) is 10.7 Å². The second kappa shape index (κ2) is 8.61. The van der Waals surface area contributed by atoms with Gasteiger partial charge in [0.25, 0.3) is 0 Å². The van der Waals surface area contributed by atoms with Crippen molar-refractivity contribution in [3.8, 4) is 6.07 Å². The molecule has 3 heterocycles. The van der Waals surface area contributed by atoms with Crippen molar-refractivity contribution in [2.45, 2.75) is 6.54 Å². The molecule has 4 N–H and O–H groups in total. The van der Waals surface area contributed by atoms with Crippen molar-refractivity contribution in [1.82, 2.24) is 20.2 Å². The number of nitrogens with one attached hydrogen (secondary N) is 2. The molecule has 0 amide bonds. The first-order chi connectivity index (χ1) is 15.5. The van der Waals surface area contributed by atoms with Gasteiger partial charge in [-0.1, -0.05) is 12.1 Å². The SMILES string of the molecule is Cn1nccc1C1=C(c2cccc(C#N)c2)N=C(N)C(=N)/C1=N\NCc1ncccc1F. The lowest BCUT2D eigenvalue weighted by molar-refractivity contribution is 0.581. The van der Waals surface area contributed by atoms with Gasteiger partial charge in [-0.3, -0.25) is 15.1 Å². The summed E-state index contributed by atoms with van der Waals surface area (Å²) in [5.41, 5.74) is 11.9. The summed E-state index contributed by atoms with van der Waals surface area (Å²) in [5.74, 6) is -0.491. The average Bonchev–Trinajstić information content (AvgIpc) is 3.23. The van der Waals surface area contributed by atoms with E-state index in [-0.39, 0.29) is 29.5 Å². The third-order valence-electron chi connectivity index (χ3n) is 4.81. The number of hydrogen-bond donors (Lipinski definition) is 3. The Morgan fingerprint density at radius 2 is 2.09 bits per heavy atom. The fraction of sp³-hybridized carbons (Fsp3) is 0.0909. The van der Waals surface area contributed by atoms with E-state index in [9.17, 15) is 9.65 Å². The van der Waals surface area contributed by atoms with E-state index in [0.29, 0.717) is 28.1 Å². The molecule has 1 aliphatic rings. The summed E-state index contributed by atoms with van der Waals surface area (Å²) in [4.78, 5) is 8.43. The number of hydrazone groups is 1. The van der Waals surface area contributed by atoms with Crippen LogP contribution in [-0.2, 0) is 13.6 Å². The molecule has 0 aliphatic carbocycles. The van der Waals surface area contributed by atoms with Gasteiger partial charge in [-0.15, -0.1) is 0 Å². The minimum Gasteiger partial charge on any atom is -0.382 e. The third-order valence-corrected chi connectivity index (χ3v) is 4.81. The van der Waals surface area contributed by atoms with Crippen LogP contribution < -0.4 is 11.2 Å². The van der Waals surface area contributed by atoms with Crippen molar-refractivity contribution >= 4 is 28.5 Å². The Morgan fingerprint density at radius 1 is 1.25 bits per heavy atom. The minimum atomic E-state index is -0.462. The van der Waals surface area contributed by atoms with E-state index in [0.717, 1.165) is 0 Å². The average molecular weight is 427 g/mol. The Kier molecular flexibility index (Phi) is 5.55. The standard InChI is InChI=1S/C22H18FN9/c1-32-17(7-9-29-32)18-20(14-5-2-4-13(10-14)11-24)30-22(26)19(25)21(18)31-28-12-16-15(23)6-3-8-27-16/h2-10,25,28H,12H2,1H3,(H2,26,30)/b25-19?,31-21-. The van der Waals surface area contributed by atoms with Crippen LogP contribution in [0.25, 0.3) is 11.3 Å². The molecule has 2 aromatic heterocycles. The fourth-order valence-electron chi connectivity index (χ4n) is 3.25. The van der Waals surface area contributed by atoms with E-state index >= 15 is 0 Å². The van der Waals surface area contributed by atoms with Gasteiger partial charge in [0.15, 0.2) is 5.84 Å². The highest BCUT2D eigenvalue weighted by Gasteiger charge is 2.29. The number of rotatable bonds is 5. The molecule has 10 heteroatoms. The summed E-state index contributed by atoms with van der Waals surface area (Å²) in [5, 5.41) is 26.4. The van der Waals surface area contributed by atoms with Crippen molar-refractivity contribution in [3.05, 3.63) is 83.2 Å². The number of pyridine rings is 1. The van der Waals surface area contributed by atoms with Crippen molar-refractivity contribution < 1.29 is 4.39 Å². The molecule has 158 valence electrons. The molecule has 0 spiro atoms. The van der Waals surface area contributed by atoms with E-state index < -0.39 is 5.82 Å². The second-order valence-electron chi connectivity index (χ2n) is 6.86. The summed E-state index contributed by atoms with van der Waals surface area (Å²) in [6.07, 6.45) is 3.10. The zero-order valence-corrected chi connectivity index (χ0v) is 17.0. The van der Waals surface area contributed by atoms with Gasteiger partial charge in [0, 0.05) is 25.0 Å². The molecule has 0 saturated heterocycles. The highest BCUT2D eigenvalue weighted by molar-refractivity contribution is 6.77. The molecule has 1 aromatic carbocycles. The number of aliphatic imine (C=N–C) groups is 1. The van der Waals surface area contributed by atoms with Crippen LogP contribution in [-0.4, -0.2) is 32.0 Å². The van der Waals surface area contributed by atoms with Gasteiger partial charge >= 0.3 is 0 Å². The van der Waals surface area contributed by atoms with Crippen LogP contribution in [0.5, 0.6) is 0 Å². The Morgan fingerprint density at radius 3 is 2.81 bits per heavy atom. The van der Waals surface area contributed by atoms with Gasteiger partial charge in [0.1, 0.15) is 17.2 Å². The first kappa shape index (κ1) is 20.6. The number of allylic oxidation sites excluding steroid dienone is 1. The summed E-state index contributed by atoms with van der Waals surface area (Å²) in [7, 11) is 1.76. The molecule has 0 fully saturated rings.